The summed E-state index contributed by atoms with van der Waals surface area (Å²) in [4.78, 5) is 12.3. The second kappa shape index (κ2) is 5.40. The molecule has 5 rings (SSSR count). The number of rotatable bonds is 4. The number of hydrogen-bond acceptors (Lipinski definition) is 2. The maximum Gasteiger partial charge on any atom is 0.338 e. The minimum absolute atomic E-state index is 0.140. The van der Waals surface area contributed by atoms with E-state index in [1.165, 1.54) is 44.1 Å². The van der Waals surface area contributed by atoms with Crippen LogP contribution in [0, 0.1) is 23.2 Å². The Kier molecular flexibility index (Phi) is 3.51. The highest BCUT2D eigenvalue weighted by Gasteiger charge is 2.51. The lowest BCUT2D eigenvalue weighted by Gasteiger charge is -2.56. The van der Waals surface area contributed by atoms with Crippen LogP contribution in [0.2, 0.25) is 0 Å². The Labute approximate surface area is 133 Å². The minimum Gasteiger partial charge on any atom is -0.462 e. The molecular weight excluding hydrogens is 272 g/mol. The normalized spacial score (nSPS) is 35.6. The van der Waals surface area contributed by atoms with Gasteiger partial charge in [-0.3, -0.25) is 0 Å². The molecule has 4 aliphatic rings. The summed E-state index contributed by atoms with van der Waals surface area (Å²) in [6, 6.07) is 7.87. The third-order valence-corrected chi connectivity index (χ3v) is 6.27. The summed E-state index contributed by atoms with van der Waals surface area (Å²) in [6.07, 6.45) is 9.19. The van der Waals surface area contributed by atoms with Gasteiger partial charge >= 0.3 is 5.97 Å². The fourth-order valence-corrected chi connectivity index (χ4v) is 5.65. The zero-order valence-electron chi connectivity index (χ0n) is 13.5. The van der Waals surface area contributed by atoms with Crippen molar-refractivity contribution in [2.45, 2.75) is 51.9 Å². The maximum absolute atomic E-state index is 12.3. The zero-order valence-corrected chi connectivity index (χ0v) is 13.5. The lowest BCUT2D eigenvalue weighted by Crippen LogP contribution is -2.48. The molecule has 0 saturated heterocycles. The van der Waals surface area contributed by atoms with Gasteiger partial charge in [0.1, 0.15) is 0 Å². The van der Waals surface area contributed by atoms with Crippen LogP contribution in [-0.4, -0.2) is 12.6 Å². The Morgan fingerprint density at radius 2 is 1.59 bits per heavy atom. The fraction of sp³-hybridized carbons (Fsp3) is 0.650. The topological polar surface area (TPSA) is 26.3 Å². The molecule has 0 amide bonds. The van der Waals surface area contributed by atoms with Crippen LogP contribution in [0.25, 0.3) is 0 Å². The molecule has 0 N–H and O–H groups in total. The van der Waals surface area contributed by atoms with Crippen molar-refractivity contribution in [3.8, 4) is 0 Å². The Morgan fingerprint density at radius 3 is 2.09 bits per heavy atom. The predicted molar refractivity (Wildman–Crippen MR) is 86.7 cm³/mol. The highest BCUT2D eigenvalue weighted by Crippen LogP contribution is 2.60. The molecule has 0 heterocycles. The molecular formula is C20H26O2. The highest BCUT2D eigenvalue weighted by atomic mass is 16.5. The van der Waals surface area contributed by atoms with Gasteiger partial charge in [-0.2, -0.15) is 0 Å². The first kappa shape index (κ1) is 14.3. The van der Waals surface area contributed by atoms with Crippen LogP contribution in [0.5, 0.6) is 0 Å². The first-order valence-corrected chi connectivity index (χ1v) is 8.92. The summed E-state index contributed by atoms with van der Waals surface area (Å²) in [5.74, 6) is 2.59. The lowest BCUT2D eigenvalue weighted by molar-refractivity contribution is -0.0848. The molecule has 0 radical (unpaired) electrons. The van der Waals surface area contributed by atoms with Crippen LogP contribution in [0.4, 0.5) is 0 Å². The molecule has 4 fully saturated rings. The van der Waals surface area contributed by atoms with Crippen molar-refractivity contribution in [3.63, 3.8) is 0 Å². The molecule has 1 aromatic rings. The Morgan fingerprint density at radius 1 is 1.05 bits per heavy atom. The standard InChI is InChI=1S/C20H26O2/c1-2-14-3-5-18(6-4-14)19(21)22-13-20-10-15-7-16(11-20)9-17(8-15)12-20/h3-6,15-17H,2,7-13H2,1H3. The smallest absolute Gasteiger partial charge is 0.338 e. The monoisotopic (exact) mass is 298 g/mol. The first-order chi connectivity index (χ1) is 10.7. The van der Waals surface area contributed by atoms with Gasteiger partial charge in [0.25, 0.3) is 0 Å². The number of carbonyl (C=O) groups is 1. The molecule has 1 aromatic carbocycles. The SMILES string of the molecule is CCc1ccc(C(=O)OCC23CC4CC(CC(C4)C2)C3)cc1. The lowest BCUT2D eigenvalue weighted by atomic mass is 9.50. The van der Waals surface area contributed by atoms with E-state index in [-0.39, 0.29) is 5.97 Å². The largest absolute Gasteiger partial charge is 0.462 e. The minimum atomic E-state index is -0.140. The summed E-state index contributed by atoms with van der Waals surface area (Å²) in [5.41, 5.74) is 2.27. The van der Waals surface area contributed by atoms with Crippen LogP contribution in [-0.2, 0) is 11.2 Å². The second-order valence-electron chi connectivity index (χ2n) is 8.04. The highest BCUT2D eigenvalue weighted by molar-refractivity contribution is 5.89. The summed E-state index contributed by atoms with van der Waals surface area (Å²) in [6.45, 7) is 2.77. The zero-order chi connectivity index (χ0) is 15.2. The van der Waals surface area contributed by atoms with Crippen molar-refractivity contribution >= 4 is 5.97 Å². The Balaban J connectivity index is 1.40. The van der Waals surface area contributed by atoms with Crippen molar-refractivity contribution < 1.29 is 9.53 Å². The Bertz CT molecular complexity index is 522. The van der Waals surface area contributed by atoms with E-state index in [1.807, 2.05) is 24.3 Å². The van der Waals surface area contributed by atoms with Gasteiger partial charge in [-0.05, 0) is 80.4 Å². The number of ether oxygens (including phenoxy) is 1. The number of benzene rings is 1. The van der Waals surface area contributed by atoms with Crippen LogP contribution < -0.4 is 0 Å². The van der Waals surface area contributed by atoms with E-state index >= 15 is 0 Å². The number of esters is 1. The summed E-state index contributed by atoms with van der Waals surface area (Å²) in [7, 11) is 0. The van der Waals surface area contributed by atoms with Gasteiger partial charge < -0.3 is 4.74 Å². The van der Waals surface area contributed by atoms with Gasteiger partial charge in [0.15, 0.2) is 0 Å². The van der Waals surface area contributed by atoms with Crippen molar-refractivity contribution in [3.05, 3.63) is 35.4 Å². The second-order valence-corrected chi connectivity index (χ2v) is 8.04. The molecule has 4 aliphatic carbocycles. The van der Waals surface area contributed by atoms with Crippen molar-refractivity contribution in [2.24, 2.45) is 23.2 Å². The third-order valence-electron chi connectivity index (χ3n) is 6.27. The van der Waals surface area contributed by atoms with E-state index < -0.39 is 0 Å². The summed E-state index contributed by atoms with van der Waals surface area (Å²) >= 11 is 0. The summed E-state index contributed by atoms with van der Waals surface area (Å²) in [5, 5.41) is 0. The number of hydrogen-bond donors (Lipinski definition) is 0. The van der Waals surface area contributed by atoms with E-state index in [0.717, 1.165) is 24.2 Å². The molecule has 0 aliphatic heterocycles. The molecule has 0 atom stereocenters. The molecule has 22 heavy (non-hydrogen) atoms. The van der Waals surface area contributed by atoms with E-state index in [4.69, 9.17) is 4.74 Å². The van der Waals surface area contributed by atoms with Gasteiger partial charge in [-0.15, -0.1) is 0 Å². The van der Waals surface area contributed by atoms with Crippen LogP contribution in [0.15, 0.2) is 24.3 Å². The van der Waals surface area contributed by atoms with Gasteiger partial charge in [0.05, 0.1) is 12.2 Å². The van der Waals surface area contributed by atoms with Crippen molar-refractivity contribution in [2.75, 3.05) is 6.61 Å². The van der Waals surface area contributed by atoms with Crippen LogP contribution in [0.3, 0.4) is 0 Å². The number of carbonyl (C=O) groups excluding carboxylic acids is 1. The average Bonchev–Trinajstić information content (AvgIpc) is 2.51. The predicted octanol–water partition coefficient (Wildman–Crippen LogP) is 4.62. The van der Waals surface area contributed by atoms with Crippen molar-refractivity contribution in [1.82, 2.24) is 0 Å². The van der Waals surface area contributed by atoms with Gasteiger partial charge in [0.2, 0.25) is 0 Å². The average molecular weight is 298 g/mol. The van der Waals surface area contributed by atoms with E-state index in [2.05, 4.69) is 6.92 Å². The molecule has 0 unspecified atom stereocenters. The van der Waals surface area contributed by atoms with E-state index in [9.17, 15) is 4.79 Å². The fourth-order valence-electron chi connectivity index (χ4n) is 5.65. The third kappa shape index (κ3) is 2.57. The molecule has 118 valence electrons. The van der Waals surface area contributed by atoms with Gasteiger partial charge in [-0.25, -0.2) is 4.79 Å². The summed E-state index contributed by atoms with van der Waals surface area (Å²) < 4.78 is 5.75. The molecule has 4 saturated carbocycles. The maximum atomic E-state index is 12.3. The number of aryl methyl sites for hydroxylation is 1. The van der Waals surface area contributed by atoms with Crippen LogP contribution in [0.1, 0.15) is 61.4 Å². The van der Waals surface area contributed by atoms with Gasteiger partial charge in [-0.1, -0.05) is 19.1 Å². The Hall–Kier alpha value is -1.31. The van der Waals surface area contributed by atoms with Crippen molar-refractivity contribution in [1.29, 1.82) is 0 Å². The molecule has 2 nitrogen and oxygen atoms in total. The van der Waals surface area contributed by atoms with E-state index in [1.54, 1.807) is 0 Å². The molecule has 0 aromatic heterocycles. The molecule has 0 spiro atoms. The first-order valence-electron chi connectivity index (χ1n) is 8.92. The van der Waals surface area contributed by atoms with Crippen LogP contribution >= 0.6 is 0 Å². The molecule has 2 heteroatoms. The quantitative estimate of drug-likeness (QED) is 0.758. The van der Waals surface area contributed by atoms with Gasteiger partial charge in [0, 0.05) is 5.41 Å². The molecule has 4 bridgehead atoms. The van der Waals surface area contributed by atoms with E-state index in [0.29, 0.717) is 17.6 Å².